The molecule has 15 heavy (non-hydrogen) atoms. The molecule has 1 aromatic rings. The van der Waals surface area contributed by atoms with E-state index in [0.29, 0.717) is 10.8 Å². The number of benzene rings is 1. The SMILES string of the molecule is C/C=N\NC(=O)COc1ccc(Cl)cc1. The minimum absolute atomic E-state index is 0.0705. The number of hydrogen-bond acceptors (Lipinski definition) is 3. The Bertz CT molecular complexity index is 349. The van der Waals surface area contributed by atoms with Gasteiger partial charge >= 0.3 is 0 Å². The number of ether oxygens (including phenoxy) is 1. The molecular formula is C10H11ClN2O2. The number of nitrogens with zero attached hydrogens (tertiary/aromatic N) is 1. The van der Waals surface area contributed by atoms with E-state index in [1.165, 1.54) is 6.21 Å². The number of carbonyl (C=O) groups is 1. The molecule has 0 radical (unpaired) electrons. The smallest absolute Gasteiger partial charge is 0.277 e. The summed E-state index contributed by atoms with van der Waals surface area (Å²) >= 11 is 5.69. The molecule has 0 aromatic heterocycles. The van der Waals surface area contributed by atoms with Gasteiger partial charge in [-0.05, 0) is 31.2 Å². The Labute approximate surface area is 92.9 Å². The molecule has 0 aliphatic heterocycles. The summed E-state index contributed by atoms with van der Waals surface area (Å²) in [6.45, 7) is 1.64. The first kappa shape index (κ1) is 11.5. The van der Waals surface area contributed by atoms with Crippen molar-refractivity contribution in [2.24, 2.45) is 5.10 Å². The Morgan fingerprint density at radius 2 is 2.20 bits per heavy atom. The van der Waals surface area contributed by atoms with Crippen molar-refractivity contribution < 1.29 is 9.53 Å². The van der Waals surface area contributed by atoms with Gasteiger partial charge in [-0.1, -0.05) is 11.6 Å². The summed E-state index contributed by atoms with van der Waals surface area (Å²) < 4.78 is 5.18. The largest absolute Gasteiger partial charge is 0.484 e. The molecule has 0 saturated heterocycles. The number of carbonyl (C=O) groups excluding carboxylic acids is 1. The highest BCUT2D eigenvalue weighted by atomic mass is 35.5. The summed E-state index contributed by atoms with van der Waals surface area (Å²) in [6, 6.07) is 6.77. The van der Waals surface area contributed by atoms with Gasteiger partial charge in [0.15, 0.2) is 6.61 Å². The predicted octanol–water partition coefficient (Wildman–Crippen LogP) is 1.84. The van der Waals surface area contributed by atoms with Crippen LogP contribution < -0.4 is 10.2 Å². The number of rotatable bonds is 4. The van der Waals surface area contributed by atoms with Gasteiger partial charge in [-0.15, -0.1) is 0 Å². The fourth-order valence-corrected chi connectivity index (χ4v) is 0.975. The van der Waals surface area contributed by atoms with E-state index in [2.05, 4.69) is 10.5 Å². The van der Waals surface area contributed by atoms with Gasteiger partial charge in [-0.2, -0.15) is 5.10 Å². The van der Waals surface area contributed by atoms with Gasteiger partial charge in [0, 0.05) is 11.2 Å². The third-order valence-corrected chi connectivity index (χ3v) is 1.75. The summed E-state index contributed by atoms with van der Waals surface area (Å²) in [5.41, 5.74) is 2.29. The molecule has 0 saturated carbocycles. The van der Waals surface area contributed by atoms with Crippen LogP contribution in [0.4, 0.5) is 0 Å². The molecule has 1 N–H and O–H groups in total. The standard InChI is InChI=1S/C10H11ClN2O2/c1-2-12-13-10(14)7-15-9-5-3-8(11)4-6-9/h2-6H,7H2,1H3,(H,13,14)/b12-2-. The van der Waals surface area contributed by atoms with Gasteiger partial charge in [0.1, 0.15) is 5.75 Å². The molecule has 0 aliphatic rings. The fourth-order valence-electron chi connectivity index (χ4n) is 0.849. The summed E-state index contributed by atoms with van der Waals surface area (Å²) in [5, 5.41) is 4.20. The van der Waals surface area contributed by atoms with E-state index in [0.717, 1.165) is 0 Å². The molecule has 80 valence electrons. The molecule has 1 rings (SSSR count). The predicted molar refractivity (Wildman–Crippen MR) is 59.3 cm³/mol. The van der Waals surface area contributed by atoms with E-state index in [-0.39, 0.29) is 12.5 Å². The van der Waals surface area contributed by atoms with Gasteiger partial charge in [0.2, 0.25) is 0 Å². The lowest BCUT2D eigenvalue weighted by Crippen LogP contribution is -2.24. The molecule has 0 aliphatic carbocycles. The fraction of sp³-hybridized carbons (Fsp3) is 0.200. The molecule has 0 unspecified atom stereocenters. The zero-order valence-electron chi connectivity index (χ0n) is 8.24. The highest BCUT2D eigenvalue weighted by Gasteiger charge is 2.00. The number of hydrazone groups is 1. The maximum Gasteiger partial charge on any atom is 0.277 e. The van der Waals surface area contributed by atoms with Crippen LogP contribution in [-0.2, 0) is 4.79 Å². The molecule has 1 amide bonds. The topological polar surface area (TPSA) is 50.7 Å². The van der Waals surface area contributed by atoms with Crippen LogP contribution in [0.1, 0.15) is 6.92 Å². The summed E-state index contributed by atoms with van der Waals surface area (Å²) in [5.74, 6) is 0.290. The quantitative estimate of drug-likeness (QED) is 0.629. The molecule has 0 bridgehead atoms. The first-order chi connectivity index (χ1) is 7.22. The van der Waals surface area contributed by atoms with Crippen LogP contribution in [0, 0.1) is 0 Å². The monoisotopic (exact) mass is 226 g/mol. The highest BCUT2D eigenvalue weighted by Crippen LogP contribution is 2.15. The Balaban J connectivity index is 2.37. The maximum atomic E-state index is 11.1. The third kappa shape index (κ3) is 4.46. The first-order valence-electron chi connectivity index (χ1n) is 4.37. The average Bonchev–Trinajstić information content (AvgIpc) is 2.25. The van der Waals surface area contributed by atoms with Crippen LogP contribution in [0.15, 0.2) is 29.4 Å². The van der Waals surface area contributed by atoms with E-state index in [4.69, 9.17) is 16.3 Å². The van der Waals surface area contributed by atoms with Crippen molar-refractivity contribution >= 4 is 23.7 Å². The summed E-state index contributed by atoms with van der Waals surface area (Å²) in [4.78, 5) is 11.1. The Morgan fingerprint density at radius 3 is 2.80 bits per heavy atom. The van der Waals surface area contributed by atoms with Gasteiger partial charge < -0.3 is 4.74 Å². The Kier molecular flexibility index (Phi) is 4.63. The molecular weight excluding hydrogens is 216 g/mol. The average molecular weight is 227 g/mol. The molecule has 0 heterocycles. The van der Waals surface area contributed by atoms with Crippen molar-refractivity contribution in [3.05, 3.63) is 29.3 Å². The molecule has 4 nitrogen and oxygen atoms in total. The lowest BCUT2D eigenvalue weighted by Gasteiger charge is -2.04. The van der Waals surface area contributed by atoms with Crippen LogP contribution in [0.2, 0.25) is 5.02 Å². The Morgan fingerprint density at radius 1 is 1.53 bits per heavy atom. The van der Waals surface area contributed by atoms with Gasteiger partial charge in [0.05, 0.1) is 0 Å². The van der Waals surface area contributed by atoms with E-state index in [1.54, 1.807) is 31.2 Å². The van der Waals surface area contributed by atoms with Crippen molar-refractivity contribution in [2.45, 2.75) is 6.92 Å². The van der Waals surface area contributed by atoms with Crippen molar-refractivity contribution in [1.29, 1.82) is 0 Å². The van der Waals surface area contributed by atoms with Crippen molar-refractivity contribution in [1.82, 2.24) is 5.43 Å². The zero-order chi connectivity index (χ0) is 11.1. The number of amides is 1. The molecule has 0 spiro atoms. The van der Waals surface area contributed by atoms with Gasteiger partial charge in [-0.3, -0.25) is 4.79 Å². The number of hydrogen-bond donors (Lipinski definition) is 1. The van der Waals surface area contributed by atoms with E-state index >= 15 is 0 Å². The zero-order valence-corrected chi connectivity index (χ0v) is 8.99. The van der Waals surface area contributed by atoms with Gasteiger partial charge in [0.25, 0.3) is 5.91 Å². The van der Waals surface area contributed by atoms with E-state index < -0.39 is 0 Å². The summed E-state index contributed by atoms with van der Waals surface area (Å²) in [7, 11) is 0. The van der Waals surface area contributed by atoms with E-state index in [1.807, 2.05) is 0 Å². The molecule has 0 fully saturated rings. The molecule has 1 aromatic carbocycles. The lowest BCUT2D eigenvalue weighted by molar-refractivity contribution is -0.123. The van der Waals surface area contributed by atoms with Crippen LogP contribution in [0.25, 0.3) is 0 Å². The van der Waals surface area contributed by atoms with Crippen molar-refractivity contribution in [3.8, 4) is 5.75 Å². The van der Waals surface area contributed by atoms with Crippen molar-refractivity contribution in [2.75, 3.05) is 6.61 Å². The van der Waals surface area contributed by atoms with Crippen LogP contribution >= 0.6 is 11.6 Å². The van der Waals surface area contributed by atoms with Gasteiger partial charge in [-0.25, -0.2) is 5.43 Å². The summed E-state index contributed by atoms with van der Waals surface area (Å²) in [6.07, 6.45) is 1.49. The third-order valence-electron chi connectivity index (χ3n) is 1.50. The highest BCUT2D eigenvalue weighted by molar-refractivity contribution is 6.30. The number of nitrogens with one attached hydrogen (secondary N) is 1. The second kappa shape index (κ2) is 6.03. The van der Waals surface area contributed by atoms with Crippen molar-refractivity contribution in [3.63, 3.8) is 0 Å². The minimum atomic E-state index is -0.303. The number of halogens is 1. The lowest BCUT2D eigenvalue weighted by atomic mass is 10.3. The molecule has 5 heteroatoms. The van der Waals surface area contributed by atoms with Crippen LogP contribution in [0.5, 0.6) is 5.75 Å². The second-order valence-corrected chi connectivity index (χ2v) is 3.10. The second-order valence-electron chi connectivity index (χ2n) is 2.66. The maximum absolute atomic E-state index is 11.1. The normalized spacial score (nSPS) is 10.3. The Hall–Kier alpha value is -1.55. The minimum Gasteiger partial charge on any atom is -0.484 e. The van der Waals surface area contributed by atoms with Crippen LogP contribution in [0.3, 0.4) is 0 Å². The van der Waals surface area contributed by atoms with Crippen LogP contribution in [-0.4, -0.2) is 18.7 Å². The molecule has 0 atom stereocenters. The van der Waals surface area contributed by atoms with E-state index in [9.17, 15) is 4.79 Å². The first-order valence-corrected chi connectivity index (χ1v) is 4.75.